The number of rotatable bonds is 4. The lowest BCUT2D eigenvalue weighted by molar-refractivity contribution is -0.384. The fraction of sp³-hybridized carbons (Fsp3) is 0.263. The molecule has 2 aromatic rings. The van der Waals surface area contributed by atoms with E-state index in [-0.39, 0.29) is 5.69 Å². The Hall–Kier alpha value is -2.93. The van der Waals surface area contributed by atoms with Crippen molar-refractivity contribution in [1.29, 1.82) is 0 Å². The van der Waals surface area contributed by atoms with Gasteiger partial charge in [-0.05, 0) is 55.7 Å². The second-order valence-corrected chi connectivity index (χ2v) is 6.59. The van der Waals surface area contributed by atoms with E-state index in [1.165, 1.54) is 29.2 Å². The number of nitrogens with zero attached hydrogens (tertiary/aromatic N) is 2. The van der Waals surface area contributed by atoms with Crippen LogP contribution in [0.4, 0.5) is 5.69 Å². The molecule has 0 N–H and O–H groups in total. The maximum Gasteiger partial charge on any atom is 0.270 e. The lowest BCUT2D eigenvalue weighted by atomic mass is 10.1. The summed E-state index contributed by atoms with van der Waals surface area (Å²) in [6.45, 7) is 0.320. The van der Waals surface area contributed by atoms with Crippen LogP contribution in [0.5, 0.6) is 5.75 Å². The Labute approximate surface area is 160 Å². The van der Waals surface area contributed by atoms with E-state index in [9.17, 15) is 19.7 Å². The van der Waals surface area contributed by atoms with Gasteiger partial charge in [-0.15, -0.1) is 0 Å². The SMILES string of the molecule is O=C(c1ccc(Cl)cc1)N1CCCCC(Oc2ccc([N+](=O)[O-])cc2)C1=O. The number of benzene rings is 2. The number of nitro groups is 1. The highest BCUT2D eigenvalue weighted by atomic mass is 35.5. The molecule has 0 saturated carbocycles. The molecule has 2 aromatic carbocycles. The van der Waals surface area contributed by atoms with Crippen LogP contribution in [-0.4, -0.2) is 34.3 Å². The van der Waals surface area contributed by atoms with Crippen LogP contribution in [0.25, 0.3) is 0 Å². The third-order valence-corrected chi connectivity index (χ3v) is 4.55. The van der Waals surface area contributed by atoms with E-state index in [4.69, 9.17) is 16.3 Å². The van der Waals surface area contributed by atoms with Gasteiger partial charge in [0.2, 0.25) is 0 Å². The molecule has 0 radical (unpaired) electrons. The summed E-state index contributed by atoms with van der Waals surface area (Å²) in [5.41, 5.74) is 0.317. The average Bonchev–Trinajstić information content (AvgIpc) is 2.84. The van der Waals surface area contributed by atoms with Crippen molar-refractivity contribution < 1.29 is 19.2 Å². The number of non-ortho nitro benzene ring substituents is 1. The quantitative estimate of drug-likeness (QED) is 0.451. The van der Waals surface area contributed by atoms with Crippen LogP contribution in [0, 0.1) is 10.1 Å². The van der Waals surface area contributed by atoms with Gasteiger partial charge >= 0.3 is 0 Å². The third kappa shape index (κ3) is 4.43. The zero-order valence-electron chi connectivity index (χ0n) is 14.3. The van der Waals surface area contributed by atoms with E-state index in [0.29, 0.717) is 35.7 Å². The van der Waals surface area contributed by atoms with E-state index < -0.39 is 22.8 Å². The lowest BCUT2D eigenvalue weighted by Crippen LogP contribution is -2.44. The first-order chi connectivity index (χ1) is 13.0. The van der Waals surface area contributed by atoms with Crippen molar-refractivity contribution in [3.05, 3.63) is 69.2 Å². The molecule has 0 bridgehead atoms. The Morgan fingerprint density at radius 3 is 2.41 bits per heavy atom. The molecule has 140 valence electrons. The number of ether oxygens (including phenoxy) is 1. The molecule has 27 heavy (non-hydrogen) atoms. The number of hydrogen-bond acceptors (Lipinski definition) is 5. The topological polar surface area (TPSA) is 89.8 Å². The van der Waals surface area contributed by atoms with Crippen LogP contribution >= 0.6 is 11.6 Å². The maximum absolute atomic E-state index is 12.9. The van der Waals surface area contributed by atoms with Gasteiger partial charge in [-0.2, -0.15) is 0 Å². The molecule has 1 saturated heterocycles. The standard InChI is InChI=1S/C19H17ClN2O5/c20-14-6-4-13(5-7-14)18(23)21-12-2-1-3-17(19(21)24)27-16-10-8-15(9-11-16)22(25)26/h4-11,17H,1-3,12H2. The molecule has 1 unspecified atom stereocenters. The Kier molecular flexibility index (Phi) is 5.71. The molecule has 0 aliphatic carbocycles. The molecule has 1 aliphatic heterocycles. The second kappa shape index (κ2) is 8.18. The molecule has 3 rings (SSSR count). The second-order valence-electron chi connectivity index (χ2n) is 6.16. The smallest absolute Gasteiger partial charge is 0.270 e. The van der Waals surface area contributed by atoms with Crippen LogP contribution in [0.15, 0.2) is 48.5 Å². The van der Waals surface area contributed by atoms with Gasteiger partial charge in [0, 0.05) is 29.3 Å². The van der Waals surface area contributed by atoms with Crippen molar-refractivity contribution in [2.24, 2.45) is 0 Å². The van der Waals surface area contributed by atoms with Crippen LogP contribution in [0.2, 0.25) is 5.02 Å². The molecule has 7 nitrogen and oxygen atoms in total. The van der Waals surface area contributed by atoms with Gasteiger partial charge in [-0.3, -0.25) is 24.6 Å². The van der Waals surface area contributed by atoms with E-state index in [0.717, 1.165) is 6.42 Å². The van der Waals surface area contributed by atoms with Crippen molar-refractivity contribution in [2.45, 2.75) is 25.4 Å². The first kappa shape index (κ1) is 18.8. The number of nitro benzene ring substituents is 1. The number of likely N-dealkylation sites (tertiary alicyclic amines) is 1. The zero-order chi connectivity index (χ0) is 19.4. The largest absolute Gasteiger partial charge is 0.481 e. The Morgan fingerprint density at radius 2 is 1.78 bits per heavy atom. The van der Waals surface area contributed by atoms with Crippen molar-refractivity contribution in [2.75, 3.05) is 6.54 Å². The number of amides is 2. The van der Waals surface area contributed by atoms with Crippen molar-refractivity contribution in [3.8, 4) is 5.75 Å². The minimum Gasteiger partial charge on any atom is -0.481 e. The minimum absolute atomic E-state index is 0.0610. The summed E-state index contributed by atoms with van der Waals surface area (Å²) in [5.74, 6) is -0.457. The van der Waals surface area contributed by atoms with Gasteiger partial charge in [-0.25, -0.2) is 0 Å². The normalized spacial score (nSPS) is 17.3. The molecule has 2 amide bonds. The van der Waals surface area contributed by atoms with E-state index in [1.807, 2.05) is 0 Å². The van der Waals surface area contributed by atoms with Gasteiger partial charge in [0.1, 0.15) is 5.75 Å². The lowest BCUT2D eigenvalue weighted by Gasteiger charge is -2.23. The summed E-state index contributed by atoms with van der Waals surface area (Å²) < 4.78 is 5.73. The van der Waals surface area contributed by atoms with Crippen molar-refractivity contribution in [3.63, 3.8) is 0 Å². The molecule has 1 aliphatic rings. The Morgan fingerprint density at radius 1 is 1.11 bits per heavy atom. The van der Waals surface area contributed by atoms with Crippen LogP contribution in [-0.2, 0) is 4.79 Å². The number of halogens is 1. The van der Waals surface area contributed by atoms with Crippen LogP contribution in [0.3, 0.4) is 0 Å². The number of carbonyl (C=O) groups is 2. The molecule has 1 fully saturated rings. The van der Waals surface area contributed by atoms with Crippen LogP contribution in [0.1, 0.15) is 29.6 Å². The first-order valence-electron chi connectivity index (χ1n) is 8.48. The van der Waals surface area contributed by atoms with Crippen molar-refractivity contribution in [1.82, 2.24) is 4.90 Å². The summed E-state index contributed by atoms with van der Waals surface area (Å²) in [4.78, 5) is 37.0. The van der Waals surface area contributed by atoms with Crippen molar-refractivity contribution >= 4 is 29.1 Å². The fourth-order valence-corrected chi connectivity index (χ4v) is 3.00. The molecular weight excluding hydrogens is 372 g/mol. The van der Waals surface area contributed by atoms with Gasteiger partial charge in [0.05, 0.1) is 4.92 Å². The molecule has 0 aromatic heterocycles. The summed E-state index contributed by atoms with van der Waals surface area (Å²) in [6.07, 6.45) is 1.07. The van der Waals surface area contributed by atoms with Gasteiger partial charge in [0.25, 0.3) is 17.5 Å². The molecule has 1 atom stereocenters. The summed E-state index contributed by atoms with van der Waals surface area (Å²) in [5, 5.41) is 11.2. The van der Waals surface area contributed by atoms with E-state index >= 15 is 0 Å². The summed E-state index contributed by atoms with van der Waals surface area (Å²) in [6, 6.07) is 11.9. The monoisotopic (exact) mass is 388 g/mol. The number of imide groups is 1. The molecule has 8 heteroatoms. The van der Waals surface area contributed by atoms with Crippen LogP contribution < -0.4 is 4.74 Å². The number of hydrogen-bond donors (Lipinski definition) is 0. The average molecular weight is 389 g/mol. The fourth-order valence-electron chi connectivity index (χ4n) is 2.88. The molecular formula is C19H17ClN2O5. The predicted molar refractivity (Wildman–Crippen MR) is 98.9 cm³/mol. The number of carbonyl (C=O) groups excluding carboxylic acids is 2. The van der Waals surface area contributed by atoms with E-state index in [2.05, 4.69) is 0 Å². The van der Waals surface area contributed by atoms with E-state index in [1.54, 1.807) is 24.3 Å². The minimum atomic E-state index is -0.815. The molecule has 1 heterocycles. The highest BCUT2D eigenvalue weighted by molar-refractivity contribution is 6.30. The Bertz CT molecular complexity index is 851. The molecule has 0 spiro atoms. The van der Waals surface area contributed by atoms with Gasteiger partial charge < -0.3 is 4.74 Å². The highest BCUT2D eigenvalue weighted by Gasteiger charge is 2.33. The summed E-state index contributed by atoms with van der Waals surface area (Å²) >= 11 is 5.85. The van der Waals surface area contributed by atoms with Gasteiger partial charge in [0.15, 0.2) is 6.10 Å². The van der Waals surface area contributed by atoms with Gasteiger partial charge in [-0.1, -0.05) is 11.6 Å². The summed E-state index contributed by atoms with van der Waals surface area (Å²) in [7, 11) is 0. The zero-order valence-corrected chi connectivity index (χ0v) is 15.1. The predicted octanol–water partition coefficient (Wildman–Crippen LogP) is 3.85. The highest BCUT2D eigenvalue weighted by Crippen LogP contribution is 2.23. The Balaban J connectivity index is 1.76. The maximum atomic E-state index is 12.9. The first-order valence-corrected chi connectivity index (χ1v) is 8.86. The third-order valence-electron chi connectivity index (χ3n) is 4.30.